The molecule has 0 saturated carbocycles. The summed E-state index contributed by atoms with van der Waals surface area (Å²) in [4.78, 5) is 10.9. The number of ether oxygens (including phenoxy) is 3. The standard InChI is InChI=1S/C25H28F2N4O3/c1-32-24-3-2-21-25(30-24)18(20(27)14-29-21)5-7-31-6-4-16(15-31)12-28-13-17-10-22-23(11-19(17)26)34-9-8-33-22/h2-3,10-11,14,16,28H,4-9,12-13,15H2,1H3/t16-/m0/s1. The summed E-state index contributed by atoms with van der Waals surface area (Å²) in [7, 11) is 1.54. The molecule has 4 heterocycles. The van der Waals surface area contributed by atoms with Crippen molar-refractivity contribution in [2.45, 2.75) is 19.4 Å². The topological polar surface area (TPSA) is 68.7 Å². The molecule has 9 heteroatoms. The van der Waals surface area contributed by atoms with E-state index in [0.29, 0.717) is 71.6 Å². The molecule has 34 heavy (non-hydrogen) atoms. The van der Waals surface area contributed by atoms with Gasteiger partial charge in [0.1, 0.15) is 24.8 Å². The monoisotopic (exact) mass is 470 g/mol. The van der Waals surface area contributed by atoms with Crippen LogP contribution in [0.4, 0.5) is 8.78 Å². The summed E-state index contributed by atoms with van der Waals surface area (Å²) in [5, 5.41) is 3.38. The molecule has 1 fully saturated rings. The van der Waals surface area contributed by atoms with Crippen molar-refractivity contribution in [2.75, 3.05) is 46.5 Å². The fourth-order valence-corrected chi connectivity index (χ4v) is 4.63. The number of nitrogens with zero attached hydrogens (tertiary/aromatic N) is 3. The molecule has 1 aromatic carbocycles. The average Bonchev–Trinajstić information content (AvgIpc) is 3.31. The fourth-order valence-electron chi connectivity index (χ4n) is 4.63. The van der Waals surface area contributed by atoms with Crippen LogP contribution in [0.5, 0.6) is 17.4 Å². The zero-order valence-electron chi connectivity index (χ0n) is 19.2. The summed E-state index contributed by atoms with van der Waals surface area (Å²) in [6.45, 7) is 4.74. The van der Waals surface area contributed by atoms with Crippen molar-refractivity contribution in [3.63, 3.8) is 0 Å². The van der Waals surface area contributed by atoms with Crippen molar-refractivity contribution in [2.24, 2.45) is 5.92 Å². The second kappa shape index (κ2) is 10.1. The van der Waals surface area contributed by atoms with Crippen LogP contribution >= 0.6 is 0 Å². The third-order valence-electron chi connectivity index (χ3n) is 6.46. The zero-order valence-corrected chi connectivity index (χ0v) is 19.2. The number of halogens is 2. The van der Waals surface area contributed by atoms with Gasteiger partial charge in [0.25, 0.3) is 0 Å². The van der Waals surface area contributed by atoms with Crippen molar-refractivity contribution in [1.82, 2.24) is 20.2 Å². The minimum Gasteiger partial charge on any atom is -0.486 e. The smallest absolute Gasteiger partial charge is 0.213 e. The molecular weight excluding hydrogens is 442 g/mol. The molecule has 1 atom stereocenters. The maximum absolute atomic E-state index is 14.6. The molecule has 5 rings (SSSR count). The zero-order chi connectivity index (χ0) is 23.5. The van der Waals surface area contributed by atoms with Crippen LogP contribution in [0.25, 0.3) is 11.0 Å². The van der Waals surface area contributed by atoms with Gasteiger partial charge >= 0.3 is 0 Å². The highest BCUT2D eigenvalue weighted by atomic mass is 19.1. The lowest BCUT2D eigenvalue weighted by molar-refractivity contribution is 0.170. The van der Waals surface area contributed by atoms with E-state index < -0.39 is 0 Å². The number of likely N-dealkylation sites (tertiary alicyclic amines) is 1. The molecule has 180 valence electrons. The van der Waals surface area contributed by atoms with Crippen LogP contribution in [0.15, 0.2) is 30.5 Å². The number of rotatable bonds is 8. The van der Waals surface area contributed by atoms with Crippen molar-refractivity contribution < 1.29 is 23.0 Å². The van der Waals surface area contributed by atoms with Crippen LogP contribution in [0.2, 0.25) is 0 Å². The van der Waals surface area contributed by atoms with E-state index in [2.05, 4.69) is 20.2 Å². The quantitative estimate of drug-likeness (QED) is 0.542. The Morgan fingerprint density at radius 2 is 1.97 bits per heavy atom. The summed E-state index contributed by atoms with van der Waals surface area (Å²) in [5.74, 6) is 1.33. The first-order valence-corrected chi connectivity index (χ1v) is 11.6. The molecule has 1 N–H and O–H groups in total. The predicted octanol–water partition coefficient (Wildman–Crippen LogP) is 3.34. The summed E-state index contributed by atoms with van der Waals surface area (Å²) in [5.41, 5.74) is 2.35. The van der Waals surface area contributed by atoms with Gasteiger partial charge in [-0.25, -0.2) is 13.8 Å². The number of hydrogen-bond acceptors (Lipinski definition) is 7. The fraction of sp³-hybridized carbons (Fsp3) is 0.440. The number of aromatic nitrogens is 2. The van der Waals surface area contributed by atoms with Crippen LogP contribution < -0.4 is 19.5 Å². The second-order valence-corrected chi connectivity index (χ2v) is 8.73. The van der Waals surface area contributed by atoms with E-state index in [1.165, 1.54) is 12.3 Å². The number of pyridine rings is 2. The lowest BCUT2D eigenvalue weighted by Gasteiger charge is -2.20. The van der Waals surface area contributed by atoms with Gasteiger partial charge in [0, 0.05) is 42.9 Å². The van der Waals surface area contributed by atoms with Crippen molar-refractivity contribution in [3.05, 3.63) is 53.2 Å². The van der Waals surface area contributed by atoms with Gasteiger partial charge in [0.2, 0.25) is 5.88 Å². The summed E-state index contributed by atoms with van der Waals surface area (Å²) in [6, 6.07) is 6.64. The average molecular weight is 471 g/mol. The van der Waals surface area contributed by atoms with Crippen LogP contribution in [-0.2, 0) is 13.0 Å². The normalized spacial score (nSPS) is 17.9. The Morgan fingerprint density at radius 3 is 2.79 bits per heavy atom. The molecule has 2 aromatic heterocycles. The Kier molecular flexibility index (Phi) is 6.73. The first-order chi connectivity index (χ1) is 16.6. The molecule has 2 aliphatic rings. The number of nitrogens with one attached hydrogen (secondary N) is 1. The molecule has 2 aliphatic heterocycles. The van der Waals surface area contributed by atoms with E-state index in [-0.39, 0.29) is 11.6 Å². The molecule has 1 saturated heterocycles. The lowest BCUT2D eigenvalue weighted by Crippen LogP contribution is -2.28. The van der Waals surface area contributed by atoms with Crippen LogP contribution in [0.1, 0.15) is 17.5 Å². The molecule has 0 unspecified atom stereocenters. The first kappa shape index (κ1) is 22.7. The largest absolute Gasteiger partial charge is 0.486 e. The van der Waals surface area contributed by atoms with E-state index in [4.69, 9.17) is 14.2 Å². The van der Waals surface area contributed by atoms with Crippen molar-refractivity contribution in [3.8, 4) is 17.4 Å². The molecule has 7 nitrogen and oxygen atoms in total. The molecule has 0 aliphatic carbocycles. The van der Waals surface area contributed by atoms with Gasteiger partial charge in [0.15, 0.2) is 11.5 Å². The number of methoxy groups -OCH3 is 1. The minimum atomic E-state index is -0.341. The van der Waals surface area contributed by atoms with Gasteiger partial charge < -0.3 is 24.4 Å². The predicted molar refractivity (Wildman–Crippen MR) is 123 cm³/mol. The van der Waals surface area contributed by atoms with E-state index in [0.717, 1.165) is 32.6 Å². The van der Waals surface area contributed by atoms with E-state index >= 15 is 0 Å². The summed E-state index contributed by atoms with van der Waals surface area (Å²) < 4.78 is 45.1. The number of benzene rings is 1. The van der Waals surface area contributed by atoms with Gasteiger partial charge in [-0.3, -0.25) is 4.98 Å². The molecule has 3 aromatic rings. The SMILES string of the molecule is COc1ccc2ncc(F)c(CCN3CC[C@@H](CNCc4cc5c(cc4F)OCCO5)C3)c2n1. The van der Waals surface area contributed by atoms with Gasteiger partial charge in [0.05, 0.1) is 24.3 Å². The van der Waals surface area contributed by atoms with E-state index in [9.17, 15) is 8.78 Å². The maximum atomic E-state index is 14.6. The van der Waals surface area contributed by atoms with Gasteiger partial charge in [-0.15, -0.1) is 0 Å². The van der Waals surface area contributed by atoms with Crippen molar-refractivity contribution >= 4 is 11.0 Å². The Labute approximate surface area is 197 Å². The Balaban J connectivity index is 1.14. The molecule has 0 spiro atoms. The van der Waals surface area contributed by atoms with Crippen LogP contribution in [-0.4, -0.2) is 61.4 Å². The molecule has 0 radical (unpaired) electrons. The van der Waals surface area contributed by atoms with Crippen LogP contribution in [0, 0.1) is 17.6 Å². The van der Waals surface area contributed by atoms with Gasteiger partial charge in [-0.1, -0.05) is 0 Å². The summed E-state index contributed by atoms with van der Waals surface area (Å²) in [6.07, 6.45) is 2.86. The molecule has 0 bridgehead atoms. The highest BCUT2D eigenvalue weighted by Crippen LogP contribution is 2.32. The van der Waals surface area contributed by atoms with E-state index in [1.54, 1.807) is 25.3 Å². The lowest BCUT2D eigenvalue weighted by atomic mass is 10.1. The van der Waals surface area contributed by atoms with Gasteiger partial charge in [-0.05, 0) is 44.0 Å². The minimum absolute atomic E-state index is 0.290. The number of hydrogen-bond donors (Lipinski definition) is 1. The first-order valence-electron chi connectivity index (χ1n) is 11.6. The Hall–Kier alpha value is -3.04. The molecule has 0 amide bonds. The Morgan fingerprint density at radius 1 is 1.15 bits per heavy atom. The highest BCUT2D eigenvalue weighted by Gasteiger charge is 2.23. The highest BCUT2D eigenvalue weighted by molar-refractivity contribution is 5.78. The third kappa shape index (κ3) is 4.90. The maximum Gasteiger partial charge on any atom is 0.213 e. The van der Waals surface area contributed by atoms with Crippen LogP contribution in [0.3, 0.4) is 0 Å². The summed E-state index contributed by atoms with van der Waals surface area (Å²) >= 11 is 0. The van der Waals surface area contributed by atoms with Crippen molar-refractivity contribution in [1.29, 1.82) is 0 Å². The van der Waals surface area contributed by atoms with E-state index in [1.807, 2.05) is 0 Å². The Bertz CT molecular complexity index is 1180. The third-order valence-corrected chi connectivity index (χ3v) is 6.46. The number of fused-ring (bicyclic) bond motifs is 2. The molecular formula is C25H28F2N4O3. The second-order valence-electron chi connectivity index (χ2n) is 8.73. The van der Waals surface area contributed by atoms with Gasteiger partial charge in [-0.2, -0.15) is 0 Å².